The molecule has 5 nitrogen and oxygen atoms in total. The predicted octanol–water partition coefficient (Wildman–Crippen LogP) is 3.24. The van der Waals surface area contributed by atoms with Gasteiger partial charge in [-0.15, -0.1) is 0 Å². The topological polar surface area (TPSA) is 88.2 Å². The molecule has 0 bridgehead atoms. The number of pyridine rings is 1. The number of halogens is 4. The summed E-state index contributed by atoms with van der Waals surface area (Å²) in [5, 5.41) is 13.2. The van der Waals surface area contributed by atoms with Crippen LogP contribution in [0.4, 0.5) is 17.6 Å². The van der Waals surface area contributed by atoms with Crippen LogP contribution < -0.4 is 11.1 Å². The van der Waals surface area contributed by atoms with E-state index in [1.165, 1.54) is 6.20 Å². The van der Waals surface area contributed by atoms with Gasteiger partial charge in [0.15, 0.2) is 0 Å². The molecule has 2 aromatic rings. The molecule has 1 aromatic heterocycles. The Morgan fingerprint density at radius 2 is 1.87 bits per heavy atom. The van der Waals surface area contributed by atoms with Crippen LogP contribution in [0.2, 0.25) is 0 Å². The van der Waals surface area contributed by atoms with Crippen molar-refractivity contribution in [3.05, 3.63) is 64.7 Å². The van der Waals surface area contributed by atoms with Crippen LogP contribution in [-0.4, -0.2) is 33.7 Å². The Morgan fingerprint density at radius 1 is 1.20 bits per heavy atom. The van der Waals surface area contributed by atoms with E-state index < -0.39 is 35.2 Å². The van der Waals surface area contributed by atoms with Crippen molar-refractivity contribution in [3.63, 3.8) is 0 Å². The second-order valence-electron chi connectivity index (χ2n) is 8.15. The van der Waals surface area contributed by atoms with Crippen molar-refractivity contribution in [1.29, 1.82) is 0 Å². The Kier molecular flexibility index (Phi) is 7.20. The number of rotatable bonds is 6. The molecule has 30 heavy (non-hydrogen) atoms. The molecule has 0 aliphatic carbocycles. The van der Waals surface area contributed by atoms with Gasteiger partial charge in [0.25, 0.3) is 5.91 Å². The number of nitrogens with one attached hydrogen (secondary N) is 1. The molecule has 0 spiro atoms. The Bertz CT molecular complexity index is 895. The lowest BCUT2D eigenvalue weighted by Gasteiger charge is -2.23. The SMILES string of the molecule is CC(C)(C)NC(=O)c1cccnc1C[C@H](O)[C@H](N)Cc1cc(C(F)(F)F)ccc1F. The van der Waals surface area contributed by atoms with E-state index in [1.807, 2.05) is 20.8 Å². The molecule has 9 heteroatoms. The van der Waals surface area contributed by atoms with E-state index in [1.54, 1.807) is 12.1 Å². The fourth-order valence-corrected chi connectivity index (χ4v) is 2.86. The first kappa shape index (κ1) is 23.8. The molecular formula is C21H25F4N3O2. The maximum atomic E-state index is 14.0. The van der Waals surface area contributed by atoms with Crippen molar-refractivity contribution < 1.29 is 27.5 Å². The van der Waals surface area contributed by atoms with Gasteiger partial charge in [0, 0.05) is 24.2 Å². The van der Waals surface area contributed by atoms with E-state index in [-0.39, 0.29) is 35.6 Å². The number of aromatic nitrogens is 1. The van der Waals surface area contributed by atoms with Gasteiger partial charge in [0.2, 0.25) is 0 Å². The Morgan fingerprint density at radius 3 is 2.47 bits per heavy atom. The highest BCUT2D eigenvalue weighted by Crippen LogP contribution is 2.30. The monoisotopic (exact) mass is 427 g/mol. The van der Waals surface area contributed by atoms with E-state index in [9.17, 15) is 27.5 Å². The molecule has 1 aromatic carbocycles. The quantitative estimate of drug-likeness (QED) is 0.618. The molecule has 2 atom stereocenters. The summed E-state index contributed by atoms with van der Waals surface area (Å²) in [6.07, 6.45) is -4.85. The van der Waals surface area contributed by atoms with Crippen LogP contribution in [0.3, 0.4) is 0 Å². The van der Waals surface area contributed by atoms with Crippen LogP contribution in [0, 0.1) is 5.82 Å². The number of carbonyl (C=O) groups excluding carboxylic acids is 1. The van der Waals surface area contributed by atoms with Gasteiger partial charge in [-0.25, -0.2) is 4.39 Å². The largest absolute Gasteiger partial charge is 0.416 e. The lowest BCUT2D eigenvalue weighted by atomic mass is 9.95. The van der Waals surface area contributed by atoms with Crippen molar-refractivity contribution >= 4 is 5.91 Å². The molecule has 0 aliphatic heterocycles. The molecule has 1 heterocycles. The molecule has 1 amide bonds. The minimum atomic E-state index is -4.62. The van der Waals surface area contributed by atoms with Crippen LogP contribution in [0.25, 0.3) is 0 Å². The normalized spacial score (nSPS) is 14.3. The Labute approximate surface area is 172 Å². The molecule has 0 radical (unpaired) electrons. The number of amides is 1. The third kappa shape index (κ3) is 6.50. The number of aliphatic hydroxyl groups excluding tert-OH is 1. The van der Waals surface area contributed by atoms with Crippen LogP contribution >= 0.6 is 0 Å². The lowest BCUT2D eigenvalue weighted by Crippen LogP contribution is -2.42. The molecule has 0 fully saturated rings. The van der Waals surface area contributed by atoms with E-state index in [0.29, 0.717) is 12.1 Å². The number of nitrogens with zero attached hydrogens (tertiary/aromatic N) is 1. The van der Waals surface area contributed by atoms with Crippen molar-refractivity contribution in [3.8, 4) is 0 Å². The molecule has 2 rings (SSSR count). The Balaban J connectivity index is 2.16. The second-order valence-corrected chi connectivity index (χ2v) is 8.15. The van der Waals surface area contributed by atoms with E-state index in [0.717, 1.165) is 6.07 Å². The van der Waals surface area contributed by atoms with Gasteiger partial charge in [-0.05, 0) is 63.1 Å². The molecule has 0 unspecified atom stereocenters. The first-order chi connectivity index (χ1) is 13.8. The number of hydrogen-bond acceptors (Lipinski definition) is 4. The highest BCUT2D eigenvalue weighted by Gasteiger charge is 2.31. The van der Waals surface area contributed by atoms with Crippen molar-refractivity contribution in [1.82, 2.24) is 10.3 Å². The standard InChI is InChI=1S/C21H25F4N3O2/c1-20(2,3)28-19(30)14-5-4-8-27-17(14)11-18(29)16(26)10-12-9-13(21(23,24)25)6-7-15(12)22/h4-9,16,18,29H,10-11,26H2,1-3H3,(H,28,30)/t16-,18+/m1/s1. The minimum Gasteiger partial charge on any atom is -0.391 e. The number of aliphatic hydroxyl groups is 1. The van der Waals surface area contributed by atoms with Gasteiger partial charge in [0.05, 0.1) is 22.9 Å². The first-order valence-corrected chi connectivity index (χ1v) is 9.33. The maximum Gasteiger partial charge on any atom is 0.416 e. The second kappa shape index (κ2) is 9.09. The van der Waals surface area contributed by atoms with Gasteiger partial charge in [-0.2, -0.15) is 13.2 Å². The van der Waals surface area contributed by atoms with Gasteiger partial charge < -0.3 is 16.2 Å². The summed E-state index contributed by atoms with van der Waals surface area (Å²) in [5.74, 6) is -1.22. The zero-order valence-electron chi connectivity index (χ0n) is 16.9. The zero-order valence-corrected chi connectivity index (χ0v) is 16.9. The number of carbonyl (C=O) groups is 1. The van der Waals surface area contributed by atoms with Crippen LogP contribution in [-0.2, 0) is 19.0 Å². The highest BCUT2D eigenvalue weighted by atomic mass is 19.4. The summed E-state index contributed by atoms with van der Waals surface area (Å²) in [7, 11) is 0. The van der Waals surface area contributed by atoms with Crippen molar-refractivity contribution in [2.45, 2.75) is 57.5 Å². The van der Waals surface area contributed by atoms with Crippen LogP contribution in [0.15, 0.2) is 36.5 Å². The van der Waals surface area contributed by atoms with Gasteiger partial charge in [-0.1, -0.05) is 0 Å². The fourth-order valence-electron chi connectivity index (χ4n) is 2.86. The third-order valence-corrected chi connectivity index (χ3v) is 4.35. The molecule has 0 saturated carbocycles. The summed E-state index contributed by atoms with van der Waals surface area (Å²) in [4.78, 5) is 16.6. The summed E-state index contributed by atoms with van der Waals surface area (Å²) in [6, 6.07) is 4.12. The van der Waals surface area contributed by atoms with Gasteiger partial charge in [0.1, 0.15) is 5.82 Å². The molecule has 0 aliphatic rings. The van der Waals surface area contributed by atoms with Crippen molar-refractivity contribution in [2.24, 2.45) is 5.73 Å². The summed E-state index contributed by atoms with van der Waals surface area (Å²) < 4.78 is 52.6. The highest BCUT2D eigenvalue weighted by molar-refractivity contribution is 5.95. The van der Waals surface area contributed by atoms with E-state index >= 15 is 0 Å². The molecular weight excluding hydrogens is 402 g/mol. The summed E-state index contributed by atoms with van der Waals surface area (Å²) in [5.41, 5.74) is 4.74. The summed E-state index contributed by atoms with van der Waals surface area (Å²) >= 11 is 0. The van der Waals surface area contributed by atoms with Gasteiger partial charge >= 0.3 is 6.18 Å². The molecule has 4 N–H and O–H groups in total. The van der Waals surface area contributed by atoms with Crippen LogP contribution in [0.1, 0.15) is 48.0 Å². The average Bonchev–Trinajstić information content (AvgIpc) is 2.61. The minimum absolute atomic E-state index is 0.116. The van der Waals surface area contributed by atoms with Gasteiger partial charge in [-0.3, -0.25) is 9.78 Å². The number of benzene rings is 1. The number of hydrogen-bond donors (Lipinski definition) is 3. The van der Waals surface area contributed by atoms with Crippen LogP contribution in [0.5, 0.6) is 0 Å². The smallest absolute Gasteiger partial charge is 0.391 e. The average molecular weight is 427 g/mol. The molecule has 164 valence electrons. The predicted molar refractivity (Wildman–Crippen MR) is 104 cm³/mol. The number of alkyl halides is 3. The fraction of sp³-hybridized carbons (Fsp3) is 0.429. The summed E-state index contributed by atoms with van der Waals surface area (Å²) in [6.45, 7) is 5.44. The maximum absolute atomic E-state index is 14.0. The zero-order chi connectivity index (χ0) is 22.7. The first-order valence-electron chi connectivity index (χ1n) is 9.33. The molecule has 0 saturated heterocycles. The number of nitrogens with two attached hydrogens (primary N) is 1. The van der Waals surface area contributed by atoms with Crippen molar-refractivity contribution in [2.75, 3.05) is 0 Å². The van der Waals surface area contributed by atoms with E-state index in [2.05, 4.69) is 10.3 Å². The lowest BCUT2D eigenvalue weighted by molar-refractivity contribution is -0.137. The van der Waals surface area contributed by atoms with E-state index in [4.69, 9.17) is 5.73 Å². The Hall–Kier alpha value is -2.52. The third-order valence-electron chi connectivity index (χ3n) is 4.35.